The molecule has 144 valence electrons. The lowest BCUT2D eigenvalue weighted by Gasteiger charge is -2.11. The molecule has 28 heavy (non-hydrogen) atoms. The lowest BCUT2D eigenvalue weighted by Crippen LogP contribution is -2.06. The molecule has 0 amide bonds. The average molecular weight is 406 g/mol. The van der Waals surface area contributed by atoms with Gasteiger partial charge in [0.1, 0.15) is 5.82 Å². The fourth-order valence-electron chi connectivity index (χ4n) is 2.79. The highest BCUT2D eigenvalue weighted by Gasteiger charge is 2.34. The Bertz CT molecular complexity index is 1030. The highest BCUT2D eigenvalue weighted by molar-refractivity contribution is 7.99. The second-order valence-electron chi connectivity index (χ2n) is 6.33. The maximum absolute atomic E-state index is 12.9. The number of rotatable bonds is 5. The van der Waals surface area contributed by atoms with Crippen LogP contribution in [0.2, 0.25) is 0 Å². The molecule has 1 aliphatic carbocycles. The van der Waals surface area contributed by atoms with Crippen LogP contribution in [0.4, 0.5) is 18.9 Å². The van der Waals surface area contributed by atoms with Crippen LogP contribution < -0.4 is 0 Å². The molecule has 0 atom stereocenters. The molecular weight excluding hydrogens is 393 g/mol. The Hall–Kier alpha value is -2.88. The largest absolute Gasteiger partial charge is 0.416 e. The van der Waals surface area contributed by atoms with Gasteiger partial charge in [0.2, 0.25) is 5.16 Å². The highest BCUT2D eigenvalue weighted by atomic mass is 32.2. The third-order valence-corrected chi connectivity index (χ3v) is 5.31. The van der Waals surface area contributed by atoms with Crippen molar-refractivity contribution in [3.8, 4) is 5.69 Å². The van der Waals surface area contributed by atoms with Crippen LogP contribution >= 0.6 is 11.8 Å². The highest BCUT2D eigenvalue weighted by Crippen LogP contribution is 2.43. The molecule has 2 aromatic carbocycles. The van der Waals surface area contributed by atoms with Crippen molar-refractivity contribution < 1.29 is 18.1 Å². The molecule has 6 nitrogen and oxygen atoms in total. The fourth-order valence-corrected chi connectivity index (χ4v) is 3.74. The van der Waals surface area contributed by atoms with E-state index in [9.17, 15) is 23.3 Å². The van der Waals surface area contributed by atoms with Crippen LogP contribution in [0, 0.1) is 10.1 Å². The molecule has 3 aromatic rings. The van der Waals surface area contributed by atoms with E-state index in [1.807, 2.05) is 34.9 Å². The number of nitro benzene ring substituents is 1. The first kappa shape index (κ1) is 18.5. The summed E-state index contributed by atoms with van der Waals surface area (Å²) in [6, 6.07) is 11.8. The second-order valence-corrected chi connectivity index (χ2v) is 7.33. The van der Waals surface area contributed by atoms with Crippen LogP contribution in [0.25, 0.3) is 5.69 Å². The molecule has 1 heterocycles. The second kappa shape index (κ2) is 6.93. The van der Waals surface area contributed by atoms with Gasteiger partial charge in [-0.2, -0.15) is 13.2 Å². The zero-order valence-corrected chi connectivity index (χ0v) is 15.1. The minimum absolute atomic E-state index is 0.0740. The van der Waals surface area contributed by atoms with Crippen molar-refractivity contribution in [1.29, 1.82) is 0 Å². The van der Waals surface area contributed by atoms with Gasteiger partial charge in [-0.15, -0.1) is 10.2 Å². The first-order valence-corrected chi connectivity index (χ1v) is 9.20. The van der Waals surface area contributed by atoms with Gasteiger partial charge >= 0.3 is 6.18 Å². The zero-order chi connectivity index (χ0) is 19.9. The van der Waals surface area contributed by atoms with Crippen LogP contribution in [0.3, 0.4) is 0 Å². The molecular formula is C18H13F3N4O2S. The first-order valence-electron chi connectivity index (χ1n) is 8.39. The number of aromatic nitrogens is 3. The Morgan fingerprint density at radius 2 is 1.82 bits per heavy atom. The predicted octanol–water partition coefficient (Wildman–Crippen LogP) is 5.22. The van der Waals surface area contributed by atoms with Crippen molar-refractivity contribution in [2.45, 2.75) is 35.0 Å². The molecule has 1 aromatic heterocycles. The van der Waals surface area contributed by atoms with Crippen molar-refractivity contribution in [1.82, 2.24) is 14.8 Å². The molecule has 10 heteroatoms. The lowest BCUT2D eigenvalue weighted by molar-refractivity contribution is -0.388. The Labute approximate surface area is 161 Å². The molecule has 0 unspecified atom stereocenters. The predicted molar refractivity (Wildman–Crippen MR) is 95.6 cm³/mol. The Balaban J connectivity index is 1.77. The van der Waals surface area contributed by atoms with E-state index in [-0.39, 0.29) is 10.8 Å². The Kier molecular flexibility index (Phi) is 4.58. The molecule has 1 fully saturated rings. The van der Waals surface area contributed by atoms with E-state index in [2.05, 4.69) is 10.2 Å². The summed E-state index contributed by atoms with van der Waals surface area (Å²) in [4.78, 5) is 10.6. The van der Waals surface area contributed by atoms with E-state index < -0.39 is 22.4 Å². The van der Waals surface area contributed by atoms with Crippen molar-refractivity contribution >= 4 is 17.4 Å². The first-order chi connectivity index (χ1) is 13.3. The molecule has 0 N–H and O–H groups in total. The summed E-state index contributed by atoms with van der Waals surface area (Å²) in [6.45, 7) is 0. The van der Waals surface area contributed by atoms with Crippen molar-refractivity contribution in [2.75, 3.05) is 0 Å². The summed E-state index contributed by atoms with van der Waals surface area (Å²) in [7, 11) is 0. The maximum Gasteiger partial charge on any atom is 0.416 e. The van der Waals surface area contributed by atoms with E-state index in [1.165, 1.54) is 0 Å². The number of hydrogen-bond acceptors (Lipinski definition) is 5. The number of alkyl halides is 3. The number of para-hydroxylation sites is 1. The smallest absolute Gasteiger partial charge is 0.274 e. The van der Waals surface area contributed by atoms with Gasteiger partial charge < -0.3 is 0 Å². The minimum atomic E-state index is -4.66. The summed E-state index contributed by atoms with van der Waals surface area (Å²) in [5.41, 5.74) is -0.881. The van der Waals surface area contributed by atoms with E-state index in [0.29, 0.717) is 11.2 Å². The van der Waals surface area contributed by atoms with Crippen LogP contribution in [0.15, 0.2) is 58.6 Å². The summed E-state index contributed by atoms with van der Waals surface area (Å²) in [5, 5.41) is 20.1. The minimum Gasteiger partial charge on any atom is -0.274 e. The zero-order valence-electron chi connectivity index (χ0n) is 14.3. The fraction of sp³-hybridized carbons (Fsp3) is 0.222. The number of hydrogen-bond donors (Lipinski definition) is 0. The van der Waals surface area contributed by atoms with E-state index >= 15 is 0 Å². The van der Waals surface area contributed by atoms with Crippen LogP contribution in [0.1, 0.15) is 30.1 Å². The van der Waals surface area contributed by atoms with Crippen molar-refractivity contribution in [3.63, 3.8) is 0 Å². The average Bonchev–Trinajstić information content (AvgIpc) is 3.42. The van der Waals surface area contributed by atoms with Crippen LogP contribution in [-0.4, -0.2) is 19.7 Å². The van der Waals surface area contributed by atoms with Gasteiger partial charge in [0.25, 0.3) is 5.69 Å². The van der Waals surface area contributed by atoms with Gasteiger partial charge in [-0.05, 0) is 48.9 Å². The van der Waals surface area contributed by atoms with E-state index in [4.69, 9.17) is 0 Å². The summed E-state index contributed by atoms with van der Waals surface area (Å²) >= 11 is 0.930. The molecule has 1 aliphatic rings. The van der Waals surface area contributed by atoms with Gasteiger partial charge in [0.05, 0.1) is 15.4 Å². The van der Waals surface area contributed by atoms with Gasteiger partial charge in [-0.3, -0.25) is 14.7 Å². The van der Waals surface area contributed by atoms with E-state index in [0.717, 1.165) is 48.2 Å². The normalized spacial score (nSPS) is 14.2. The van der Waals surface area contributed by atoms with Crippen LogP contribution in [0.5, 0.6) is 0 Å². The number of benzene rings is 2. The maximum atomic E-state index is 12.9. The Morgan fingerprint density at radius 3 is 2.43 bits per heavy atom. The SMILES string of the molecule is O=[N+]([O-])c1cc(C(F)(F)F)ccc1Sc1nnc(C2CC2)n1-c1ccccc1. The lowest BCUT2D eigenvalue weighted by atomic mass is 10.2. The summed E-state index contributed by atoms with van der Waals surface area (Å²) < 4.78 is 40.6. The molecule has 0 aliphatic heterocycles. The molecule has 0 spiro atoms. The third kappa shape index (κ3) is 3.59. The standard InChI is InChI=1S/C18H13F3N4O2S/c19-18(20,21)12-8-9-15(14(10-12)25(26)27)28-17-23-22-16(11-6-7-11)24(17)13-4-2-1-3-5-13/h1-5,8-11H,6-7H2. The summed E-state index contributed by atoms with van der Waals surface area (Å²) in [6.07, 6.45) is -2.69. The number of nitro groups is 1. The van der Waals surface area contributed by atoms with Gasteiger partial charge in [-0.25, -0.2) is 0 Å². The van der Waals surface area contributed by atoms with Crippen molar-refractivity contribution in [2.24, 2.45) is 0 Å². The third-order valence-electron chi connectivity index (χ3n) is 4.30. The molecule has 1 saturated carbocycles. The van der Waals surface area contributed by atoms with Gasteiger partial charge in [0.15, 0.2) is 0 Å². The quantitative estimate of drug-likeness (QED) is 0.429. The van der Waals surface area contributed by atoms with Crippen molar-refractivity contribution in [3.05, 3.63) is 70.0 Å². The van der Waals surface area contributed by atoms with Gasteiger partial charge in [-0.1, -0.05) is 18.2 Å². The van der Waals surface area contributed by atoms with Gasteiger partial charge in [0, 0.05) is 17.7 Å². The van der Waals surface area contributed by atoms with E-state index in [1.54, 1.807) is 0 Å². The molecule has 0 radical (unpaired) electrons. The molecule has 4 rings (SSSR count). The summed E-state index contributed by atoms with van der Waals surface area (Å²) in [5.74, 6) is 1.02. The van der Waals surface area contributed by atoms with Crippen LogP contribution in [-0.2, 0) is 6.18 Å². The Morgan fingerprint density at radius 1 is 1.11 bits per heavy atom. The number of nitrogens with zero attached hydrogens (tertiary/aromatic N) is 4. The molecule has 0 saturated heterocycles. The topological polar surface area (TPSA) is 73.8 Å². The molecule has 0 bridgehead atoms. The monoisotopic (exact) mass is 406 g/mol. The number of halogens is 3.